The van der Waals surface area contributed by atoms with E-state index in [0.717, 1.165) is 47.0 Å². The Morgan fingerprint density at radius 1 is 1.09 bits per heavy atom. The molecule has 2 heterocycles. The van der Waals surface area contributed by atoms with Crippen molar-refractivity contribution >= 4 is 28.8 Å². The lowest BCUT2D eigenvalue weighted by Crippen LogP contribution is -2.25. The van der Waals surface area contributed by atoms with Crippen molar-refractivity contribution in [2.24, 2.45) is 0 Å². The Balaban J connectivity index is 1.55. The molecule has 1 saturated heterocycles. The molecule has 1 aliphatic rings. The van der Waals surface area contributed by atoms with Crippen molar-refractivity contribution in [1.29, 1.82) is 0 Å². The minimum Gasteiger partial charge on any atom is -0.341 e. The predicted molar refractivity (Wildman–Crippen MR) is 128 cm³/mol. The Hall–Kier alpha value is -2.67. The van der Waals surface area contributed by atoms with E-state index in [1.54, 1.807) is 11.1 Å². The number of benzene rings is 1. The molecule has 1 fully saturated rings. The number of thioether (sulfide) groups is 1. The Kier molecular flexibility index (Phi) is 8.85. The van der Waals surface area contributed by atoms with E-state index in [1.165, 1.54) is 19.3 Å². The zero-order chi connectivity index (χ0) is 22.9. The Labute approximate surface area is 194 Å². The second kappa shape index (κ2) is 11.8. The minimum absolute atomic E-state index is 0.182. The quantitative estimate of drug-likeness (QED) is 0.487. The molecule has 32 heavy (non-hydrogen) atoms. The fraction of sp³-hybridized carbons (Fsp3) is 0.440. The second-order valence-corrected chi connectivity index (χ2v) is 9.43. The van der Waals surface area contributed by atoms with Gasteiger partial charge in [-0.05, 0) is 36.1 Å². The van der Waals surface area contributed by atoms with Crippen LogP contribution in [-0.2, 0) is 22.6 Å². The first-order chi connectivity index (χ1) is 15.5. The standard InChI is InChI=1S/C25H31N3O3S/c1-3-4-5-6-7-11-23(29)28(2)17-19-9-8-10-20(14-19)21-13-12-18(16-26-21)15-22-24(30)27-25(31)32-22/h8-10,12-14,16,22H,3-7,11,15,17H2,1-2H3,(H,27,30,31). The number of unbranched alkanes of at least 4 members (excludes halogenated alkanes) is 4. The molecular weight excluding hydrogens is 422 g/mol. The van der Waals surface area contributed by atoms with Gasteiger partial charge in [0.2, 0.25) is 11.8 Å². The molecule has 1 atom stereocenters. The van der Waals surface area contributed by atoms with Crippen LogP contribution in [0.2, 0.25) is 0 Å². The van der Waals surface area contributed by atoms with Gasteiger partial charge in [-0.15, -0.1) is 0 Å². The third kappa shape index (κ3) is 6.92. The fourth-order valence-electron chi connectivity index (χ4n) is 3.72. The molecule has 1 aliphatic heterocycles. The molecule has 170 valence electrons. The van der Waals surface area contributed by atoms with Crippen LogP contribution in [0, 0.1) is 0 Å². The smallest absolute Gasteiger partial charge is 0.286 e. The molecule has 6 nitrogen and oxygen atoms in total. The third-order valence-electron chi connectivity index (χ3n) is 5.58. The molecule has 1 aromatic heterocycles. The maximum Gasteiger partial charge on any atom is 0.286 e. The van der Waals surface area contributed by atoms with E-state index in [1.807, 2.05) is 37.4 Å². The average molecular weight is 454 g/mol. The summed E-state index contributed by atoms with van der Waals surface area (Å²) in [4.78, 5) is 41.8. The van der Waals surface area contributed by atoms with Crippen molar-refractivity contribution in [3.05, 3.63) is 53.7 Å². The molecule has 1 N–H and O–H groups in total. The lowest BCUT2D eigenvalue weighted by molar-refractivity contribution is -0.130. The van der Waals surface area contributed by atoms with Crippen molar-refractivity contribution in [3.8, 4) is 11.3 Å². The molecule has 0 bridgehead atoms. The first-order valence-electron chi connectivity index (χ1n) is 11.3. The molecule has 3 rings (SSSR count). The van der Waals surface area contributed by atoms with Crippen LogP contribution in [-0.4, -0.2) is 39.2 Å². The van der Waals surface area contributed by atoms with Gasteiger partial charge in [-0.3, -0.25) is 24.7 Å². The summed E-state index contributed by atoms with van der Waals surface area (Å²) in [5.41, 5.74) is 3.79. The summed E-state index contributed by atoms with van der Waals surface area (Å²) >= 11 is 1.03. The number of carbonyl (C=O) groups is 3. The normalized spacial score (nSPS) is 15.6. The van der Waals surface area contributed by atoms with Gasteiger partial charge in [-0.2, -0.15) is 0 Å². The Morgan fingerprint density at radius 2 is 1.91 bits per heavy atom. The molecule has 0 radical (unpaired) electrons. The number of aromatic nitrogens is 1. The predicted octanol–water partition coefficient (Wildman–Crippen LogP) is 4.96. The lowest BCUT2D eigenvalue weighted by atomic mass is 10.1. The van der Waals surface area contributed by atoms with Gasteiger partial charge < -0.3 is 4.90 Å². The second-order valence-electron chi connectivity index (χ2n) is 8.25. The Morgan fingerprint density at radius 3 is 2.59 bits per heavy atom. The Bertz CT molecular complexity index is 946. The van der Waals surface area contributed by atoms with E-state index >= 15 is 0 Å². The van der Waals surface area contributed by atoms with Gasteiger partial charge in [-0.25, -0.2) is 0 Å². The maximum absolute atomic E-state index is 12.4. The zero-order valence-corrected chi connectivity index (χ0v) is 19.6. The van der Waals surface area contributed by atoms with Crippen LogP contribution >= 0.6 is 11.8 Å². The highest BCUT2D eigenvalue weighted by atomic mass is 32.2. The summed E-state index contributed by atoms with van der Waals surface area (Å²) in [6, 6.07) is 11.9. The van der Waals surface area contributed by atoms with Crippen LogP contribution in [0.1, 0.15) is 56.6 Å². The van der Waals surface area contributed by atoms with Crippen LogP contribution in [0.3, 0.4) is 0 Å². The van der Waals surface area contributed by atoms with Crippen LogP contribution < -0.4 is 5.32 Å². The molecule has 1 aromatic carbocycles. The van der Waals surface area contributed by atoms with E-state index in [9.17, 15) is 14.4 Å². The highest BCUT2D eigenvalue weighted by Crippen LogP contribution is 2.24. The fourth-order valence-corrected chi connectivity index (χ4v) is 4.58. The third-order valence-corrected chi connectivity index (χ3v) is 6.56. The van der Waals surface area contributed by atoms with E-state index < -0.39 is 5.25 Å². The van der Waals surface area contributed by atoms with Crippen molar-refractivity contribution in [2.75, 3.05) is 7.05 Å². The number of hydrogen-bond donors (Lipinski definition) is 1. The molecule has 3 amide bonds. The van der Waals surface area contributed by atoms with Crippen molar-refractivity contribution in [2.45, 2.75) is 63.7 Å². The summed E-state index contributed by atoms with van der Waals surface area (Å²) in [6.45, 7) is 2.76. The number of rotatable bonds is 11. The first kappa shape index (κ1) is 24.0. The summed E-state index contributed by atoms with van der Waals surface area (Å²) in [7, 11) is 1.86. The SMILES string of the molecule is CCCCCCCC(=O)N(C)Cc1cccc(-c2ccc(CC3SC(=O)NC3=O)cn2)c1. The van der Waals surface area contributed by atoms with Crippen LogP contribution in [0.5, 0.6) is 0 Å². The van der Waals surface area contributed by atoms with Gasteiger partial charge in [-0.1, -0.05) is 68.6 Å². The van der Waals surface area contributed by atoms with Gasteiger partial charge in [0.1, 0.15) is 0 Å². The minimum atomic E-state index is -0.391. The zero-order valence-electron chi connectivity index (χ0n) is 18.8. The molecule has 7 heteroatoms. The number of nitrogens with one attached hydrogen (secondary N) is 1. The average Bonchev–Trinajstić information content (AvgIpc) is 3.10. The highest BCUT2D eigenvalue weighted by Gasteiger charge is 2.31. The summed E-state index contributed by atoms with van der Waals surface area (Å²) in [6.07, 6.45) is 8.55. The van der Waals surface area contributed by atoms with Crippen LogP contribution in [0.4, 0.5) is 4.79 Å². The van der Waals surface area contributed by atoms with Gasteiger partial charge in [0.25, 0.3) is 5.24 Å². The number of hydrogen-bond acceptors (Lipinski definition) is 5. The van der Waals surface area contributed by atoms with E-state index in [4.69, 9.17) is 0 Å². The lowest BCUT2D eigenvalue weighted by Gasteiger charge is -2.18. The van der Waals surface area contributed by atoms with E-state index in [0.29, 0.717) is 19.4 Å². The van der Waals surface area contributed by atoms with Gasteiger partial charge in [0.15, 0.2) is 0 Å². The number of imide groups is 1. The largest absolute Gasteiger partial charge is 0.341 e. The number of amides is 3. The van der Waals surface area contributed by atoms with Crippen LogP contribution in [0.15, 0.2) is 42.6 Å². The number of pyridine rings is 1. The first-order valence-corrected chi connectivity index (χ1v) is 12.1. The summed E-state index contributed by atoms with van der Waals surface area (Å²) < 4.78 is 0. The number of nitrogens with zero attached hydrogens (tertiary/aromatic N) is 2. The van der Waals surface area contributed by atoms with E-state index in [-0.39, 0.29) is 17.1 Å². The molecule has 2 aromatic rings. The van der Waals surface area contributed by atoms with Crippen molar-refractivity contribution in [1.82, 2.24) is 15.2 Å². The van der Waals surface area contributed by atoms with Crippen molar-refractivity contribution in [3.63, 3.8) is 0 Å². The molecule has 1 unspecified atom stereocenters. The van der Waals surface area contributed by atoms with Gasteiger partial charge in [0, 0.05) is 31.8 Å². The molecule has 0 spiro atoms. The number of carbonyl (C=O) groups excluding carboxylic acids is 3. The summed E-state index contributed by atoms with van der Waals surface area (Å²) in [5.74, 6) is -0.0573. The molecule has 0 saturated carbocycles. The van der Waals surface area contributed by atoms with Crippen LogP contribution in [0.25, 0.3) is 11.3 Å². The highest BCUT2D eigenvalue weighted by molar-refractivity contribution is 8.15. The topological polar surface area (TPSA) is 79.4 Å². The molecular formula is C25H31N3O3S. The monoisotopic (exact) mass is 453 g/mol. The van der Waals surface area contributed by atoms with Crippen molar-refractivity contribution < 1.29 is 14.4 Å². The molecule has 0 aliphatic carbocycles. The van der Waals surface area contributed by atoms with Gasteiger partial charge in [0.05, 0.1) is 10.9 Å². The maximum atomic E-state index is 12.4. The van der Waals surface area contributed by atoms with E-state index in [2.05, 4.69) is 23.3 Å². The summed E-state index contributed by atoms with van der Waals surface area (Å²) in [5, 5.41) is 1.63. The van der Waals surface area contributed by atoms with Gasteiger partial charge >= 0.3 is 0 Å².